The normalized spacial score (nSPS) is 20.2. The number of ether oxygens (including phenoxy) is 1. The first-order chi connectivity index (χ1) is 9.16. The standard InChI is InChI=1S/C13H19N3O3/c1-11-10-14-6-7-15(11)8-9-19-13-4-2-12(3-5-13)16(17)18/h2-5,11,14H,6-10H2,1H3/t11-/m0/s1. The number of hydrogen-bond acceptors (Lipinski definition) is 5. The van der Waals surface area contributed by atoms with Crippen molar-refractivity contribution in [3.63, 3.8) is 0 Å². The van der Waals surface area contributed by atoms with Crippen molar-refractivity contribution in [2.75, 3.05) is 32.8 Å². The summed E-state index contributed by atoms with van der Waals surface area (Å²) >= 11 is 0. The molecule has 1 aromatic rings. The number of piperazine rings is 1. The van der Waals surface area contributed by atoms with E-state index in [1.165, 1.54) is 12.1 Å². The van der Waals surface area contributed by atoms with Gasteiger partial charge in [0.05, 0.1) is 4.92 Å². The van der Waals surface area contributed by atoms with Crippen LogP contribution in [0.4, 0.5) is 5.69 Å². The molecule has 1 heterocycles. The molecule has 0 spiro atoms. The fraction of sp³-hybridized carbons (Fsp3) is 0.538. The van der Waals surface area contributed by atoms with Gasteiger partial charge in [0.1, 0.15) is 12.4 Å². The third-order valence-corrected chi connectivity index (χ3v) is 3.33. The lowest BCUT2D eigenvalue weighted by Gasteiger charge is -2.33. The molecule has 1 fully saturated rings. The average molecular weight is 265 g/mol. The Bertz CT molecular complexity index is 422. The minimum absolute atomic E-state index is 0.0862. The summed E-state index contributed by atoms with van der Waals surface area (Å²) in [6.07, 6.45) is 0. The Morgan fingerprint density at radius 3 is 2.84 bits per heavy atom. The monoisotopic (exact) mass is 265 g/mol. The minimum Gasteiger partial charge on any atom is -0.492 e. The van der Waals surface area contributed by atoms with E-state index in [4.69, 9.17) is 4.74 Å². The molecule has 0 aromatic heterocycles. The Morgan fingerprint density at radius 2 is 2.21 bits per heavy atom. The van der Waals surface area contributed by atoms with E-state index in [2.05, 4.69) is 17.1 Å². The highest BCUT2D eigenvalue weighted by Crippen LogP contribution is 2.17. The van der Waals surface area contributed by atoms with Crippen LogP contribution in [0.5, 0.6) is 5.75 Å². The molecule has 0 amide bonds. The van der Waals surface area contributed by atoms with Gasteiger partial charge in [0.15, 0.2) is 0 Å². The van der Waals surface area contributed by atoms with Crippen molar-refractivity contribution in [1.82, 2.24) is 10.2 Å². The number of non-ortho nitro benzene ring substituents is 1. The third kappa shape index (κ3) is 3.90. The van der Waals surface area contributed by atoms with Crippen molar-refractivity contribution in [2.45, 2.75) is 13.0 Å². The predicted octanol–water partition coefficient (Wildman–Crippen LogP) is 1.27. The molecule has 1 atom stereocenters. The molecule has 1 aliphatic rings. The maximum absolute atomic E-state index is 10.5. The second-order valence-electron chi connectivity index (χ2n) is 4.69. The highest BCUT2D eigenvalue weighted by molar-refractivity contribution is 5.35. The topological polar surface area (TPSA) is 67.6 Å². The first-order valence-electron chi connectivity index (χ1n) is 6.49. The molecule has 1 aliphatic heterocycles. The average Bonchev–Trinajstić information content (AvgIpc) is 2.41. The largest absolute Gasteiger partial charge is 0.492 e. The number of hydrogen-bond donors (Lipinski definition) is 1. The summed E-state index contributed by atoms with van der Waals surface area (Å²) < 4.78 is 5.61. The molecule has 1 N–H and O–H groups in total. The van der Waals surface area contributed by atoms with Crippen molar-refractivity contribution in [1.29, 1.82) is 0 Å². The number of nitro benzene ring substituents is 1. The molecule has 19 heavy (non-hydrogen) atoms. The second kappa shape index (κ2) is 6.49. The van der Waals surface area contributed by atoms with Crippen molar-refractivity contribution < 1.29 is 9.66 Å². The molecule has 6 heteroatoms. The maximum Gasteiger partial charge on any atom is 0.269 e. The zero-order valence-corrected chi connectivity index (χ0v) is 11.0. The predicted molar refractivity (Wildman–Crippen MR) is 72.5 cm³/mol. The first kappa shape index (κ1) is 13.8. The van der Waals surface area contributed by atoms with E-state index in [1.54, 1.807) is 12.1 Å². The summed E-state index contributed by atoms with van der Waals surface area (Å²) in [7, 11) is 0. The molecule has 104 valence electrons. The SMILES string of the molecule is C[C@H]1CNCCN1CCOc1ccc([N+](=O)[O-])cc1. The van der Waals surface area contributed by atoms with E-state index >= 15 is 0 Å². The number of nitrogens with one attached hydrogen (secondary N) is 1. The lowest BCUT2D eigenvalue weighted by Crippen LogP contribution is -2.50. The van der Waals surface area contributed by atoms with Crippen LogP contribution in [-0.4, -0.2) is 48.7 Å². The van der Waals surface area contributed by atoms with E-state index in [9.17, 15) is 10.1 Å². The molecule has 2 rings (SSSR count). The van der Waals surface area contributed by atoms with Gasteiger partial charge < -0.3 is 10.1 Å². The number of rotatable bonds is 5. The second-order valence-corrected chi connectivity index (χ2v) is 4.69. The van der Waals surface area contributed by atoms with Crippen molar-refractivity contribution in [3.05, 3.63) is 34.4 Å². The molecule has 0 aliphatic carbocycles. The molecule has 1 aromatic carbocycles. The van der Waals surface area contributed by atoms with Crippen LogP contribution < -0.4 is 10.1 Å². The first-order valence-corrected chi connectivity index (χ1v) is 6.49. The summed E-state index contributed by atoms with van der Waals surface area (Å²) in [6.45, 7) is 6.73. The van der Waals surface area contributed by atoms with E-state index < -0.39 is 4.92 Å². The Labute approximate surface area is 112 Å². The van der Waals surface area contributed by atoms with Crippen LogP contribution in [0.15, 0.2) is 24.3 Å². The zero-order chi connectivity index (χ0) is 13.7. The molecular formula is C13H19N3O3. The van der Waals surface area contributed by atoms with Gasteiger partial charge in [-0.2, -0.15) is 0 Å². The Balaban J connectivity index is 1.77. The van der Waals surface area contributed by atoms with Crippen LogP contribution >= 0.6 is 0 Å². The van der Waals surface area contributed by atoms with Gasteiger partial charge in [0.25, 0.3) is 5.69 Å². The van der Waals surface area contributed by atoms with E-state index in [0.29, 0.717) is 18.4 Å². The highest BCUT2D eigenvalue weighted by Gasteiger charge is 2.17. The van der Waals surface area contributed by atoms with Gasteiger partial charge in [-0.05, 0) is 19.1 Å². The van der Waals surface area contributed by atoms with Crippen LogP contribution in [-0.2, 0) is 0 Å². The van der Waals surface area contributed by atoms with Crippen LogP contribution in [0, 0.1) is 10.1 Å². The summed E-state index contributed by atoms with van der Waals surface area (Å²) in [5.74, 6) is 0.674. The molecule has 6 nitrogen and oxygen atoms in total. The fourth-order valence-electron chi connectivity index (χ4n) is 2.16. The Kier molecular flexibility index (Phi) is 4.70. The third-order valence-electron chi connectivity index (χ3n) is 3.33. The van der Waals surface area contributed by atoms with Crippen molar-refractivity contribution in [2.24, 2.45) is 0 Å². The van der Waals surface area contributed by atoms with Gasteiger partial charge in [-0.25, -0.2) is 0 Å². The summed E-state index contributed by atoms with van der Waals surface area (Å²) in [5.41, 5.74) is 0.0862. The lowest BCUT2D eigenvalue weighted by atomic mass is 10.2. The lowest BCUT2D eigenvalue weighted by molar-refractivity contribution is -0.384. The Morgan fingerprint density at radius 1 is 1.47 bits per heavy atom. The van der Waals surface area contributed by atoms with Gasteiger partial charge in [0.2, 0.25) is 0 Å². The van der Waals surface area contributed by atoms with Gasteiger partial charge in [-0.1, -0.05) is 0 Å². The summed E-state index contributed by atoms with van der Waals surface area (Å²) in [4.78, 5) is 12.5. The molecular weight excluding hydrogens is 246 g/mol. The van der Waals surface area contributed by atoms with Gasteiger partial charge in [-0.3, -0.25) is 15.0 Å². The molecule has 0 unspecified atom stereocenters. The minimum atomic E-state index is -0.411. The number of benzene rings is 1. The van der Waals surface area contributed by atoms with Crippen LogP contribution in [0.2, 0.25) is 0 Å². The van der Waals surface area contributed by atoms with Gasteiger partial charge >= 0.3 is 0 Å². The van der Waals surface area contributed by atoms with E-state index in [-0.39, 0.29) is 5.69 Å². The summed E-state index contributed by atoms with van der Waals surface area (Å²) in [5, 5.41) is 13.9. The number of nitro groups is 1. The highest BCUT2D eigenvalue weighted by atomic mass is 16.6. The zero-order valence-electron chi connectivity index (χ0n) is 11.0. The molecule has 0 bridgehead atoms. The summed E-state index contributed by atoms with van der Waals surface area (Å²) in [6, 6.07) is 6.72. The van der Waals surface area contributed by atoms with Crippen LogP contribution in [0.3, 0.4) is 0 Å². The van der Waals surface area contributed by atoms with Crippen molar-refractivity contribution in [3.8, 4) is 5.75 Å². The van der Waals surface area contributed by atoms with Crippen LogP contribution in [0.25, 0.3) is 0 Å². The fourth-order valence-corrected chi connectivity index (χ4v) is 2.16. The quantitative estimate of drug-likeness (QED) is 0.641. The van der Waals surface area contributed by atoms with Crippen molar-refractivity contribution >= 4 is 5.69 Å². The molecule has 0 saturated carbocycles. The molecule has 0 radical (unpaired) electrons. The van der Waals surface area contributed by atoms with Gasteiger partial charge in [0, 0.05) is 44.4 Å². The number of nitrogens with zero attached hydrogens (tertiary/aromatic N) is 2. The Hall–Kier alpha value is -1.66. The van der Waals surface area contributed by atoms with E-state index in [1.807, 2.05) is 0 Å². The van der Waals surface area contributed by atoms with Crippen LogP contribution in [0.1, 0.15) is 6.92 Å². The smallest absolute Gasteiger partial charge is 0.269 e. The maximum atomic E-state index is 10.5. The van der Waals surface area contributed by atoms with E-state index in [0.717, 1.165) is 26.2 Å². The molecule has 1 saturated heterocycles. The van der Waals surface area contributed by atoms with Gasteiger partial charge in [-0.15, -0.1) is 0 Å².